The molecule has 1 aromatic heterocycles. The Morgan fingerprint density at radius 2 is 1.74 bits per heavy atom. The lowest BCUT2D eigenvalue weighted by Crippen LogP contribution is -2.45. The lowest BCUT2D eigenvalue weighted by Gasteiger charge is -2.34. The van der Waals surface area contributed by atoms with Crippen molar-refractivity contribution in [2.45, 2.75) is 32.9 Å². The summed E-state index contributed by atoms with van der Waals surface area (Å²) in [5.41, 5.74) is 1.74. The standard InChI is InChI=1S/C24H33N5O2/c1-18(2)16-21(30)27-22(19-8-5-4-6-9-19)24(31)26-17-20-10-7-11-25-23(20)29-14-12-28(3)13-15-29/h4-11,18,22H,12-17H2,1-3H3,(H,26,31)(H,27,30). The fourth-order valence-electron chi connectivity index (χ4n) is 3.69. The maximum atomic E-state index is 13.1. The first kappa shape index (κ1) is 22.7. The van der Waals surface area contributed by atoms with Gasteiger partial charge in [-0.05, 0) is 24.6 Å². The van der Waals surface area contributed by atoms with Gasteiger partial charge in [0.1, 0.15) is 11.9 Å². The van der Waals surface area contributed by atoms with Crippen molar-refractivity contribution in [3.05, 3.63) is 59.8 Å². The van der Waals surface area contributed by atoms with Gasteiger partial charge in [-0.3, -0.25) is 9.59 Å². The van der Waals surface area contributed by atoms with Crippen LogP contribution in [0.25, 0.3) is 0 Å². The van der Waals surface area contributed by atoms with Crippen LogP contribution >= 0.6 is 0 Å². The molecule has 0 spiro atoms. The summed E-state index contributed by atoms with van der Waals surface area (Å²) in [7, 11) is 2.12. The van der Waals surface area contributed by atoms with E-state index in [0.29, 0.717) is 13.0 Å². The topological polar surface area (TPSA) is 77.6 Å². The van der Waals surface area contributed by atoms with Crippen LogP contribution < -0.4 is 15.5 Å². The SMILES string of the molecule is CC(C)CC(=O)NC(C(=O)NCc1cccnc1N1CCN(C)CC1)c1ccccc1. The van der Waals surface area contributed by atoms with Crippen molar-refractivity contribution in [1.82, 2.24) is 20.5 Å². The molecule has 0 saturated carbocycles. The summed E-state index contributed by atoms with van der Waals surface area (Å²) in [6, 6.07) is 12.5. The Labute approximate surface area is 184 Å². The molecule has 1 unspecified atom stereocenters. The van der Waals surface area contributed by atoms with Crippen molar-refractivity contribution in [2.75, 3.05) is 38.1 Å². The van der Waals surface area contributed by atoms with Gasteiger partial charge in [-0.1, -0.05) is 50.2 Å². The number of nitrogens with zero attached hydrogens (tertiary/aromatic N) is 3. The number of carbonyl (C=O) groups is 2. The van der Waals surface area contributed by atoms with E-state index in [-0.39, 0.29) is 17.7 Å². The Morgan fingerprint density at radius 3 is 2.42 bits per heavy atom. The first-order valence-corrected chi connectivity index (χ1v) is 10.9. The second-order valence-corrected chi connectivity index (χ2v) is 8.50. The van der Waals surface area contributed by atoms with Crippen LogP contribution in [0.15, 0.2) is 48.7 Å². The quantitative estimate of drug-likeness (QED) is 0.682. The number of anilines is 1. The van der Waals surface area contributed by atoms with Crippen LogP contribution in [-0.4, -0.2) is 54.9 Å². The molecule has 2 heterocycles. The largest absolute Gasteiger partial charge is 0.354 e. The van der Waals surface area contributed by atoms with Crippen molar-refractivity contribution >= 4 is 17.6 Å². The molecule has 1 saturated heterocycles. The van der Waals surface area contributed by atoms with Crippen molar-refractivity contribution in [2.24, 2.45) is 5.92 Å². The molecule has 1 aliphatic heterocycles. The van der Waals surface area contributed by atoms with E-state index in [2.05, 4.69) is 32.5 Å². The highest BCUT2D eigenvalue weighted by molar-refractivity contribution is 5.88. The number of aromatic nitrogens is 1. The summed E-state index contributed by atoms with van der Waals surface area (Å²) >= 11 is 0. The van der Waals surface area contributed by atoms with Gasteiger partial charge in [-0.25, -0.2) is 4.98 Å². The molecular formula is C24H33N5O2. The Bertz CT molecular complexity index is 863. The summed E-state index contributed by atoms with van der Waals surface area (Å²) in [5, 5.41) is 5.91. The van der Waals surface area contributed by atoms with Gasteiger partial charge in [0.25, 0.3) is 0 Å². The van der Waals surface area contributed by atoms with Crippen LogP contribution in [-0.2, 0) is 16.1 Å². The van der Waals surface area contributed by atoms with E-state index in [1.807, 2.05) is 56.3 Å². The Morgan fingerprint density at radius 1 is 1.03 bits per heavy atom. The number of nitrogens with one attached hydrogen (secondary N) is 2. The van der Waals surface area contributed by atoms with Crippen LogP contribution in [0, 0.1) is 5.92 Å². The maximum absolute atomic E-state index is 13.1. The van der Waals surface area contributed by atoms with E-state index in [9.17, 15) is 9.59 Å². The molecule has 2 aromatic rings. The van der Waals surface area contributed by atoms with E-state index in [0.717, 1.165) is 43.1 Å². The number of likely N-dealkylation sites (N-methyl/N-ethyl adjacent to an activating group) is 1. The molecule has 2 amide bonds. The van der Waals surface area contributed by atoms with E-state index in [4.69, 9.17) is 0 Å². The monoisotopic (exact) mass is 423 g/mol. The zero-order valence-corrected chi connectivity index (χ0v) is 18.7. The number of piperazine rings is 1. The fourth-order valence-corrected chi connectivity index (χ4v) is 3.69. The molecule has 31 heavy (non-hydrogen) atoms. The molecule has 2 N–H and O–H groups in total. The van der Waals surface area contributed by atoms with Crippen LogP contribution in [0.3, 0.4) is 0 Å². The van der Waals surface area contributed by atoms with E-state index < -0.39 is 6.04 Å². The first-order valence-electron chi connectivity index (χ1n) is 10.9. The fraction of sp³-hybridized carbons (Fsp3) is 0.458. The van der Waals surface area contributed by atoms with E-state index in [1.165, 1.54) is 0 Å². The maximum Gasteiger partial charge on any atom is 0.247 e. The third kappa shape index (κ3) is 6.52. The van der Waals surface area contributed by atoms with Crippen LogP contribution in [0.1, 0.15) is 37.4 Å². The highest BCUT2D eigenvalue weighted by Gasteiger charge is 2.24. The summed E-state index contributed by atoms with van der Waals surface area (Å²) < 4.78 is 0. The third-order valence-corrected chi connectivity index (χ3v) is 5.42. The molecule has 1 fully saturated rings. The van der Waals surface area contributed by atoms with Crippen LogP contribution in [0.4, 0.5) is 5.82 Å². The van der Waals surface area contributed by atoms with E-state index in [1.54, 1.807) is 6.20 Å². The van der Waals surface area contributed by atoms with Crippen molar-refractivity contribution in [3.8, 4) is 0 Å². The molecule has 1 aliphatic rings. The summed E-state index contributed by atoms with van der Waals surface area (Å²) in [4.78, 5) is 34.6. The first-order chi connectivity index (χ1) is 14.9. The minimum Gasteiger partial charge on any atom is -0.354 e. The minimum absolute atomic E-state index is 0.126. The van der Waals surface area contributed by atoms with Gasteiger partial charge in [0.15, 0.2) is 0 Å². The van der Waals surface area contributed by atoms with Gasteiger partial charge in [0.05, 0.1) is 0 Å². The van der Waals surface area contributed by atoms with Crippen LogP contribution in [0.5, 0.6) is 0 Å². The number of carbonyl (C=O) groups excluding carboxylic acids is 2. The molecular weight excluding hydrogens is 390 g/mol. The number of hydrogen-bond donors (Lipinski definition) is 2. The van der Waals surface area contributed by atoms with Crippen molar-refractivity contribution in [3.63, 3.8) is 0 Å². The summed E-state index contributed by atoms with van der Waals surface area (Å²) in [6.07, 6.45) is 2.17. The molecule has 0 radical (unpaired) electrons. The highest BCUT2D eigenvalue weighted by Crippen LogP contribution is 2.20. The van der Waals surface area contributed by atoms with Gasteiger partial charge in [-0.15, -0.1) is 0 Å². The average Bonchev–Trinajstić information content (AvgIpc) is 2.77. The lowest BCUT2D eigenvalue weighted by molar-refractivity contribution is -0.129. The number of hydrogen-bond acceptors (Lipinski definition) is 5. The molecule has 1 aromatic carbocycles. The van der Waals surface area contributed by atoms with Gasteiger partial charge < -0.3 is 20.4 Å². The molecule has 166 valence electrons. The summed E-state index contributed by atoms with van der Waals surface area (Å²) in [6.45, 7) is 8.12. The average molecular weight is 424 g/mol. The van der Waals surface area contributed by atoms with Crippen molar-refractivity contribution < 1.29 is 9.59 Å². The molecule has 1 atom stereocenters. The van der Waals surface area contributed by atoms with Gasteiger partial charge in [0, 0.05) is 50.9 Å². The predicted octanol–water partition coefficient (Wildman–Crippen LogP) is 2.35. The lowest BCUT2D eigenvalue weighted by atomic mass is 10.0. The third-order valence-electron chi connectivity index (χ3n) is 5.42. The highest BCUT2D eigenvalue weighted by atomic mass is 16.2. The zero-order valence-electron chi connectivity index (χ0n) is 18.7. The number of amides is 2. The molecule has 0 bridgehead atoms. The molecule has 3 rings (SSSR count). The smallest absolute Gasteiger partial charge is 0.247 e. The molecule has 7 heteroatoms. The summed E-state index contributed by atoms with van der Waals surface area (Å²) in [5.74, 6) is 0.784. The zero-order chi connectivity index (χ0) is 22.2. The van der Waals surface area contributed by atoms with Crippen molar-refractivity contribution in [1.29, 1.82) is 0 Å². The Balaban J connectivity index is 1.70. The van der Waals surface area contributed by atoms with Crippen LogP contribution in [0.2, 0.25) is 0 Å². The second-order valence-electron chi connectivity index (χ2n) is 8.50. The normalized spacial score (nSPS) is 15.5. The van der Waals surface area contributed by atoms with Gasteiger partial charge in [-0.2, -0.15) is 0 Å². The Hall–Kier alpha value is -2.93. The molecule has 0 aliphatic carbocycles. The minimum atomic E-state index is -0.726. The second kappa shape index (κ2) is 10.9. The van der Waals surface area contributed by atoms with Gasteiger partial charge >= 0.3 is 0 Å². The number of rotatable bonds is 8. The van der Waals surface area contributed by atoms with Gasteiger partial charge in [0.2, 0.25) is 11.8 Å². The van der Waals surface area contributed by atoms with E-state index >= 15 is 0 Å². The molecule has 7 nitrogen and oxygen atoms in total. The predicted molar refractivity (Wildman–Crippen MR) is 123 cm³/mol. The number of pyridine rings is 1. The Kier molecular flexibility index (Phi) is 8.00. The number of benzene rings is 1.